The average Bonchev–Trinajstić information content (AvgIpc) is 2.64. The SMILES string of the molecule is Cc1ccc(C(=O)C2CC[NH+](CC(=O)Nc3ccc(Br)cc3)CC2)cc1. The monoisotopic (exact) mass is 415 g/mol. The van der Waals surface area contributed by atoms with Crippen LogP contribution < -0.4 is 10.2 Å². The number of quaternary nitrogens is 1. The summed E-state index contributed by atoms with van der Waals surface area (Å²) in [5.74, 6) is 0.338. The van der Waals surface area contributed by atoms with Crippen molar-refractivity contribution in [2.45, 2.75) is 19.8 Å². The Morgan fingerprint density at radius 3 is 2.27 bits per heavy atom. The molecule has 0 atom stereocenters. The molecule has 0 bridgehead atoms. The van der Waals surface area contributed by atoms with Gasteiger partial charge in [-0.15, -0.1) is 0 Å². The number of hydrogen-bond donors (Lipinski definition) is 2. The fourth-order valence-corrected chi connectivity index (χ4v) is 3.65. The van der Waals surface area contributed by atoms with Gasteiger partial charge >= 0.3 is 0 Å². The number of benzene rings is 2. The molecule has 2 aromatic rings. The number of aryl methyl sites for hydroxylation is 1. The number of Topliss-reactive ketones (excluding diaryl/α,β-unsaturated/α-hetero) is 1. The standard InChI is InChI=1S/C21H23BrN2O2/c1-15-2-4-16(5-3-15)21(26)17-10-12-24(13-11-17)14-20(25)23-19-8-6-18(22)7-9-19/h2-9,17H,10-14H2,1H3,(H,23,25)/p+1. The van der Waals surface area contributed by atoms with Crippen molar-refractivity contribution in [3.05, 3.63) is 64.1 Å². The summed E-state index contributed by atoms with van der Waals surface area (Å²) in [6.07, 6.45) is 1.68. The summed E-state index contributed by atoms with van der Waals surface area (Å²) in [7, 11) is 0. The van der Waals surface area contributed by atoms with Crippen LogP contribution in [0.5, 0.6) is 0 Å². The van der Waals surface area contributed by atoms with Crippen LogP contribution in [0.2, 0.25) is 0 Å². The first-order chi connectivity index (χ1) is 12.5. The third-order valence-electron chi connectivity index (χ3n) is 4.94. The first-order valence-corrected chi connectivity index (χ1v) is 9.80. The third kappa shape index (κ3) is 5.02. The average molecular weight is 416 g/mol. The van der Waals surface area contributed by atoms with E-state index in [0.717, 1.165) is 47.2 Å². The number of hydrogen-bond acceptors (Lipinski definition) is 2. The maximum atomic E-state index is 12.6. The van der Waals surface area contributed by atoms with E-state index in [9.17, 15) is 9.59 Å². The van der Waals surface area contributed by atoms with Crippen molar-refractivity contribution in [1.82, 2.24) is 0 Å². The van der Waals surface area contributed by atoms with Gasteiger partial charge in [0.15, 0.2) is 12.3 Å². The van der Waals surface area contributed by atoms with Gasteiger partial charge in [-0.25, -0.2) is 0 Å². The summed E-state index contributed by atoms with van der Waals surface area (Å²) >= 11 is 3.38. The van der Waals surface area contributed by atoms with E-state index in [4.69, 9.17) is 0 Å². The van der Waals surface area contributed by atoms with Gasteiger partial charge < -0.3 is 10.2 Å². The van der Waals surface area contributed by atoms with E-state index in [1.54, 1.807) is 0 Å². The van der Waals surface area contributed by atoms with Gasteiger partial charge in [0.25, 0.3) is 5.91 Å². The second kappa shape index (κ2) is 8.60. The molecular weight excluding hydrogens is 392 g/mol. The fraction of sp³-hybridized carbons (Fsp3) is 0.333. The van der Waals surface area contributed by atoms with Crippen LogP contribution in [-0.4, -0.2) is 31.3 Å². The summed E-state index contributed by atoms with van der Waals surface area (Å²) in [6.45, 7) is 4.18. The van der Waals surface area contributed by atoms with E-state index >= 15 is 0 Å². The van der Waals surface area contributed by atoms with Crippen LogP contribution in [0.4, 0.5) is 5.69 Å². The highest BCUT2D eigenvalue weighted by atomic mass is 79.9. The van der Waals surface area contributed by atoms with Gasteiger partial charge in [0, 0.05) is 34.5 Å². The molecule has 26 heavy (non-hydrogen) atoms. The van der Waals surface area contributed by atoms with E-state index in [2.05, 4.69) is 21.2 Å². The van der Waals surface area contributed by atoms with Gasteiger partial charge in [-0.3, -0.25) is 9.59 Å². The second-order valence-corrected chi connectivity index (χ2v) is 7.90. The number of likely N-dealkylation sites (tertiary alicyclic amines) is 1. The molecule has 0 saturated carbocycles. The number of nitrogens with one attached hydrogen (secondary N) is 2. The van der Waals surface area contributed by atoms with Crippen LogP contribution in [-0.2, 0) is 4.79 Å². The minimum atomic E-state index is 0.0191. The highest BCUT2D eigenvalue weighted by Gasteiger charge is 2.29. The van der Waals surface area contributed by atoms with E-state index in [1.165, 1.54) is 4.90 Å². The number of amides is 1. The van der Waals surface area contributed by atoms with Gasteiger partial charge in [-0.1, -0.05) is 45.8 Å². The number of carbonyl (C=O) groups is 2. The van der Waals surface area contributed by atoms with E-state index in [0.29, 0.717) is 6.54 Å². The van der Waals surface area contributed by atoms with Gasteiger partial charge in [0.1, 0.15) is 0 Å². The second-order valence-electron chi connectivity index (χ2n) is 6.99. The number of halogens is 1. The number of piperidine rings is 1. The summed E-state index contributed by atoms with van der Waals surface area (Å²) in [4.78, 5) is 26.1. The molecule has 5 heteroatoms. The summed E-state index contributed by atoms with van der Waals surface area (Å²) in [6, 6.07) is 15.4. The van der Waals surface area contributed by atoms with Crippen LogP contribution in [0.15, 0.2) is 53.0 Å². The Balaban J connectivity index is 1.47. The maximum absolute atomic E-state index is 12.6. The molecule has 0 aromatic heterocycles. The molecule has 136 valence electrons. The van der Waals surface area contributed by atoms with Gasteiger partial charge in [-0.05, 0) is 31.2 Å². The zero-order chi connectivity index (χ0) is 18.5. The lowest BCUT2D eigenvalue weighted by Crippen LogP contribution is -3.14. The Bertz CT molecular complexity index is 764. The minimum absolute atomic E-state index is 0.0191. The maximum Gasteiger partial charge on any atom is 0.279 e. The van der Waals surface area contributed by atoms with Crippen LogP contribution in [0.25, 0.3) is 0 Å². The first-order valence-electron chi connectivity index (χ1n) is 9.01. The Hall–Kier alpha value is -1.98. The quantitative estimate of drug-likeness (QED) is 0.737. The number of rotatable bonds is 5. The van der Waals surface area contributed by atoms with Gasteiger partial charge in [0.05, 0.1) is 13.1 Å². The molecule has 0 spiro atoms. The predicted octanol–water partition coefficient (Wildman–Crippen LogP) is 2.87. The predicted molar refractivity (Wildman–Crippen MR) is 107 cm³/mol. The molecule has 0 unspecified atom stereocenters. The zero-order valence-electron chi connectivity index (χ0n) is 14.9. The molecular formula is C21H24BrN2O2+. The Morgan fingerprint density at radius 1 is 1.04 bits per heavy atom. The highest BCUT2D eigenvalue weighted by Crippen LogP contribution is 2.17. The fourth-order valence-electron chi connectivity index (χ4n) is 3.38. The largest absolute Gasteiger partial charge is 0.327 e. The lowest BCUT2D eigenvalue weighted by molar-refractivity contribution is -0.897. The van der Waals surface area contributed by atoms with E-state index in [1.807, 2.05) is 55.5 Å². The molecule has 1 fully saturated rings. The lowest BCUT2D eigenvalue weighted by Gasteiger charge is -2.28. The van der Waals surface area contributed by atoms with Crippen molar-refractivity contribution in [3.63, 3.8) is 0 Å². The Kier molecular flexibility index (Phi) is 6.22. The van der Waals surface area contributed by atoms with Crippen LogP contribution >= 0.6 is 15.9 Å². The molecule has 1 aliphatic heterocycles. The topological polar surface area (TPSA) is 50.6 Å². The van der Waals surface area contributed by atoms with Crippen LogP contribution in [0.3, 0.4) is 0 Å². The molecule has 4 nitrogen and oxygen atoms in total. The smallest absolute Gasteiger partial charge is 0.279 e. The van der Waals surface area contributed by atoms with Crippen molar-refractivity contribution in [1.29, 1.82) is 0 Å². The normalized spacial score (nSPS) is 19.8. The molecule has 0 radical (unpaired) electrons. The third-order valence-corrected chi connectivity index (χ3v) is 5.47. The van der Waals surface area contributed by atoms with E-state index in [-0.39, 0.29) is 17.6 Å². The summed E-state index contributed by atoms with van der Waals surface area (Å²) in [5.41, 5.74) is 2.77. The molecule has 2 N–H and O–H groups in total. The lowest BCUT2D eigenvalue weighted by atomic mass is 9.88. The van der Waals surface area contributed by atoms with Gasteiger partial charge in [0.2, 0.25) is 0 Å². The number of anilines is 1. The zero-order valence-corrected chi connectivity index (χ0v) is 16.5. The molecule has 2 aromatic carbocycles. The Morgan fingerprint density at radius 2 is 1.65 bits per heavy atom. The van der Waals surface area contributed by atoms with Crippen LogP contribution in [0.1, 0.15) is 28.8 Å². The van der Waals surface area contributed by atoms with Gasteiger partial charge in [-0.2, -0.15) is 0 Å². The van der Waals surface area contributed by atoms with Crippen molar-refractivity contribution in [2.24, 2.45) is 5.92 Å². The summed E-state index contributed by atoms with van der Waals surface area (Å²) < 4.78 is 0.987. The van der Waals surface area contributed by atoms with Crippen molar-refractivity contribution >= 4 is 33.3 Å². The molecule has 1 aliphatic rings. The van der Waals surface area contributed by atoms with E-state index < -0.39 is 0 Å². The summed E-state index contributed by atoms with van der Waals surface area (Å²) in [5, 5.41) is 2.93. The number of carbonyl (C=O) groups excluding carboxylic acids is 2. The van der Waals surface area contributed by atoms with Crippen molar-refractivity contribution in [2.75, 3.05) is 25.0 Å². The first kappa shape index (κ1) is 18.8. The molecule has 1 saturated heterocycles. The van der Waals surface area contributed by atoms with Crippen molar-refractivity contribution < 1.29 is 14.5 Å². The van der Waals surface area contributed by atoms with Crippen LogP contribution in [0, 0.1) is 12.8 Å². The highest BCUT2D eigenvalue weighted by molar-refractivity contribution is 9.10. The van der Waals surface area contributed by atoms with Crippen molar-refractivity contribution in [3.8, 4) is 0 Å². The molecule has 3 rings (SSSR count). The molecule has 0 aliphatic carbocycles. The molecule has 1 amide bonds. The number of ketones is 1. The Labute approximate surface area is 162 Å². The molecule has 1 heterocycles. The minimum Gasteiger partial charge on any atom is -0.327 e.